The Morgan fingerprint density at radius 2 is 1.50 bits per heavy atom. The summed E-state index contributed by atoms with van der Waals surface area (Å²) in [7, 11) is 0. The molecule has 9 heteroatoms. The van der Waals surface area contributed by atoms with E-state index < -0.39 is 30.6 Å². The van der Waals surface area contributed by atoms with Gasteiger partial charge >= 0.3 is 17.9 Å². The number of carbonyl (C=O) groups excluding carboxylic acids is 1. The zero-order valence-electron chi connectivity index (χ0n) is 17.7. The number of benzene rings is 2. The van der Waals surface area contributed by atoms with E-state index in [9.17, 15) is 14.4 Å². The van der Waals surface area contributed by atoms with Crippen LogP contribution in [0.3, 0.4) is 0 Å². The highest BCUT2D eigenvalue weighted by Gasteiger charge is 2.20. The maximum Gasteiger partial charge on any atom is 0.323 e. The van der Waals surface area contributed by atoms with Crippen LogP contribution in [0.4, 0.5) is 0 Å². The van der Waals surface area contributed by atoms with Crippen molar-refractivity contribution >= 4 is 17.9 Å². The second-order valence-corrected chi connectivity index (χ2v) is 6.90. The lowest BCUT2D eigenvalue weighted by atomic mass is 10.1. The third-order valence-corrected chi connectivity index (χ3v) is 4.32. The molecule has 32 heavy (non-hydrogen) atoms. The Hall–Kier alpha value is -3.27. The minimum atomic E-state index is -1.18. The predicted molar refractivity (Wildman–Crippen MR) is 118 cm³/mol. The average Bonchev–Trinajstić information content (AvgIpc) is 2.80. The summed E-state index contributed by atoms with van der Waals surface area (Å²) < 4.78 is 5.39. The van der Waals surface area contributed by atoms with E-state index in [0.717, 1.165) is 11.1 Å². The fourth-order valence-corrected chi connectivity index (χ4v) is 2.52. The molecule has 0 aromatic heterocycles. The van der Waals surface area contributed by atoms with E-state index in [1.807, 2.05) is 60.7 Å². The maximum atomic E-state index is 12.4. The van der Waals surface area contributed by atoms with Crippen molar-refractivity contribution in [1.82, 2.24) is 5.32 Å². The number of ether oxygens (including phenoxy) is 1. The molecule has 9 nitrogen and oxygen atoms in total. The topological polar surface area (TPSA) is 159 Å². The molecule has 0 saturated heterocycles. The van der Waals surface area contributed by atoms with Gasteiger partial charge < -0.3 is 31.1 Å². The van der Waals surface area contributed by atoms with Crippen LogP contribution in [-0.2, 0) is 32.1 Å². The van der Waals surface area contributed by atoms with Crippen LogP contribution in [-0.4, -0.2) is 58.5 Å². The summed E-state index contributed by atoms with van der Waals surface area (Å²) in [6, 6.07) is 17.7. The van der Waals surface area contributed by atoms with Gasteiger partial charge in [0, 0.05) is 6.54 Å². The van der Waals surface area contributed by atoms with Gasteiger partial charge in [0.05, 0.1) is 13.0 Å². The lowest BCUT2D eigenvalue weighted by Gasteiger charge is -2.17. The highest BCUT2D eigenvalue weighted by atomic mass is 16.5. The fourth-order valence-electron chi connectivity index (χ4n) is 2.52. The Morgan fingerprint density at radius 1 is 0.938 bits per heavy atom. The van der Waals surface area contributed by atoms with Crippen LogP contribution in [0.25, 0.3) is 0 Å². The first-order valence-corrected chi connectivity index (χ1v) is 10.1. The Morgan fingerprint density at radius 3 is 1.97 bits per heavy atom. The molecule has 0 heterocycles. The van der Waals surface area contributed by atoms with Gasteiger partial charge in [-0.15, -0.1) is 0 Å². The largest absolute Gasteiger partial charge is 0.481 e. The van der Waals surface area contributed by atoms with Gasteiger partial charge in [-0.1, -0.05) is 60.7 Å². The summed E-state index contributed by atoms with van der Waals surface area (Å²) >= 11 is 0. The first-order valence-electron chi connectivity index (χ1n) is 10.1. The van der Waals surface area contributed by atoms with Crippen LogP contribution >= 0.6 is 0 Å². The van der Waals surface area contributed by atoms with Gasteiger partial charge in [-0.25, -0.2) is 0 Å². The quantitative estimate of drug-likeness (QED) is 0.302. The van der Waals surface area contributed by atoms with Gasteiger partial charge in [-0.3, -0.25) is 14.4 Å². The van der Waals surface area contributed by atoms with E-state index in [-0.39, 0.29) is 25.5 Å². The number of aliphatic carboxylic acids is 2. The summed E-state index contributed by atoms with van der Waals surface area (Å²) in [5.74, 6) is -2.43. The van der Waals surface area contributed by atoms with Crippen LogP contribution in [0.15, 0.2) is 60.7 Å². The van der Waals surface area contributed by atoms with Crippen LogP contribution < -0.4 is 11.1 Å². The molecule has 0 spiro atoms. The Labute approximate surface area is 186 Å². The molecule has 0 radical (unpaired) electrons. The molecular weight excluding hydrogens is 416 g/mol. The first kappa shape index (κ1) is 26.8. The van der Waals surface area contributed by atoms with Gasteiger partial charge in [0.1, 0.15) is 18.7 Å². The first-order chi connectivity index (χ1) is 15.3. The summed E-state index contributed by atoms with van der Waals surface area (Å²) in [6.07, 6.45) is 1.23. The average molecular weight is 447 g/mol. The van der Waals surface area contributed by atoms with Gasteiger partial charge in [0.25, 0.3) is 0 Å². The van der Waals surface area contributed by atoms with E-state index in [4.69, 9.17) is 25.8 Å². The van der Waals surface area contributed by atoms with E-state index in [1.54, 1.807) is 0 Å². The number of aryl methyl sites for hydroxylation is 1. The highest BCUT2D eigenvalue weighted by molar-refractivity contribution is 5.76. The van der Waals surface area contributed by atoms with Crippen molar-refractivity contribution in [3.05, 3.63) is 71.8 Å². The van der Waals surface area contributed by atoms with Crippen LogP contribution in [0.5, 0.6) is 0 Å². The number of carboxylic acid groups (broad SMARTS) is 2. The van der Waals surface area contributed by atoms with Gasteiger partial charge in [0.15, 0.2) is 0 Å². The Balaban J connectivity index is 0.000000633. The molecule has 0 aliphatic carbocycles. The third kappa shape index (κ3) is 11.8. The number of carboxylic acids is 2. The molecule has 0 aliphatic rings. The van der Waals surface area contributed by atoms with Crippen molar-refractivity contribution in [2.75, 3.05) is 13.2 Å². The lowest BCUT2D eigenvalue weighted by molar-refractivity contribution is -0.148. The summed E-state index contributed by atoms with van der Waals surface area (Å²) in [5, 5.41) is 27.7. The normalized spacial score (nSPS) is 12.1. The fraction of sp³-hybridized carbons (Fsp3) is 0.348. The van der Waals surface area contributed by atoms with Crippen LogP contribution in [0.1, 0.15) is 24.0 Å². The molecule has 2 aromatic rings. The number of hydrogen-bond acceptors (Lipinski definition) is 7. The molecule has 0 saturated carbocycles. The van der Waals surface area contributed by atoms with Crippen molar-refractivity contribution in [3.8, 4) is 0 Å². The number of carbonyl (C=O) groups is 3. The van der Waals surface area contributed by atoms with Gasteiger partial charge in [-0.05, 0) is 24.0 Å². The zero-order chi connectivity index (χ0) is 23.8. The number of rotatable bonds is 12. The molecule has 0 amide bonds. The van der Waals surface area contributed by atoms with Crippen LogP contribution in [0, 0.1) is 0 Å². The SMILES string of the molecule is N[C@@H](CO)C(=O)O.O=C(O)CCN[C@H](CCc1ccccc1)C(=O)OCc1ccccc1. The van der Waals surface area contributed by atoms with E-state index in [0.29, 0.717) is 12.8 Å². The summed E-state index contributed by atoms with van der Waals surface area (Å²) in [6.45, 7) is -0.0628. The number of aliphatic hydroxyl groups excluding tert-OH is 1. The Bertz CT molecular complexity index is 816. The molecule has 0 bridgehead atoms. The third-order valence-electron chi connectivity index (χ3n) is 4.32. The zero-order valence-corrected chi connectivity index (χ0v) is 17.7. The molecule has 2 atom stereocenters. The summed E-state index contributed by atoms with van der Waals surface area (Å²) in [5.41, 5.74) is 6.81. The van der Waals surface area contributed by atoms with E-state index in [2.05, 4.69) is 5.32 Å². The number of esters is 1. The lowest BCUT2D eigenvalue weighted by Crippen LogP contribution is -2.39. The highest BCUT2D eigenvalue weighted by Crippen LogP contribution is 2.08. The van der Waals surface area contributed by atoms with E-state index in [1.165, 1.54) is 0 Å². The van der Waals surface area contributed by atoms with Gasteiger partial charge in [-0.2, -0.15) is 0 Å². The number of nitrogens with two attached hydrogens (primary N) is 1. The standard InChI is InChI=1S/C20H23NO4.C3H7NO3/c22-19(23)13-14-21-18(12-11-16-7-3-1-4-8-16)20(24)25-15-17-9-5-2-6-10-17;4-2(1-5)3(6)7/h1-10,18,21H,11-15H2,(H,22,23);2,5H,1,4H2,(H,6,7)/t18-;2-/m10/s1. The predicted octanol–water partition coefficient (Wildman–Crippen LogP) is 1.19. The van der Waals surface area contributed by atoms with Crippen molar-refractivity contribution in [2.45, 2.75) is 38.0 Å². The van der Waals surface area contributed by atoms with E-state index >= 15 is 0 Å². The molecule has 0 aliphatic heterocycles. The molecule has 174 valence electrons. The van der Waals surface area contributed by atoms with Crippen molar-refractivity contribution in [3.63, 3.8) is 0 Å². The molecular formula is C23H30N2O7. The smallest absolute Gasteiger partial charge is 0.323 e. The molecule has 2 rings (SSSR count). The van der Waals surface area contributed by atoms with Crippen molar-refractivity contribution < 1.29 is 34.4 Å². The molecule has 6 N–H and O–H groups in total. The minimum absolute atomic E-state index is 0.0339. The second-order valence-electron chi connectivity index (χ2n) is 6.90. The molecule has 0 unspecified atom stereocenters. The Kier molecular flexibility index (Phi) is 13.0. The summed E-state index contributed by atoms with van der Waals surface area (Å²) in [4.78, 5) is 32.7. The van der Waals surface area contributed by atoms with Crippen molar-refractivity contribution in [1.29, 1.82) is 0 Å². The minimum Gasteiger partial charge on any atom is -0.481 e. The number of hydrogen-bond donors (Lipinski definition) is 5. The molecule has 0 fully saturated rings. The number of nitrogens with one attached hydrogen (secondary N) is 1. The second kappa shape index (κ2) is 15.5. The maximum absolute atomic E-state index is 12.4. The molecule has 2 aromatic carbocycles. The van der Waals surface area contributed by atoms with Gasteiger partial charge in [0.2, 0.25) is 0 Å². The van der Waals surface area contributed by atoms with Crippen molar-refractivity contribution in [2.24, 2.45) is 5.73 Å². The van der Waals surface area contributed by atoms with Crippen LogP contribution in [0.2, 0.25) is 0 Å². The number of aliphatic hydroxyl groups is 1. The monoisotopic (exact) mass is 446 g/mol.